The molecule has 0 spiro atoms. The second kappa shape index (κ2) is 9.90. The molecule has 5 heteroatoms. The van der Waals surface area contributed by atoms with E-state index < -0.39 is 6.10 Å². The van der Waals surface area contributed by atoms with Gasteiger partial charge in [0.1, 0.15) is 5.75 Å². The summed E-state index contributed by atoms with van der Waals surface area (Å²) in [7, 11) is 0. The standard InChI is InChI=1S/C28H30N2O3/c1-19-9-11-24(12-10-19)27-26-17-25(14-13-23(26)15-16-30(27)21(3)31)33-20(2)28(32)29-18-22-7-5-4-6-8-22/h4-14,17,20,27H,15-16,18H2,1-3H3,(H,29,32)/t20-,27-/m1/s1. The zero-order valence-electron chi connectivity index (χ0n) is 19.4. The van der Waals surface area contributed by atoms with E-state index in [0.717, 1.165) is 23.1 Å². The summed E-state index contributed by atoms with van der Waals surface area (Å²) in [4.78, 5) is 26.9. The fourth-order valence-corrected chi connectivity index (χ4v) is 4.30. The Hall–Kier alpha value is -3.60. The van der Waals surface area contributed by atoms with E-state index in [4.69, 9.17) is 4.74 Å². The second-order valence-corrected chi connectivity index (χ2v) is 8.60. The van der Waals surface area contributed by atoms with Crippen LogP contribution in [0.25, 0.3) is 0 Å². The molecule has 2 atom stereocenters. The molecule has 0 saturated heterocycles. The molecule has 1 aliphatic rings. The minimum absolute atomic E-state index is 0.0474. The van der Waals surface area contributed by atoms with Gasteiger partial charge in [-0.1, -0.05) is 66.2 Å². The van der Waals surface area contributed by atoms with Crippen molar-refractivity contribution in [3.8, 4) is 5.75 Å². The molecule has 33 heavy (non-hydrogen) atoms. The summed E-state index contributed by atoms with van der Waals surface area (Å²) in [5.41, 5.74) is 5.54. The van der Waals surface area contributed by atoms with E-state index in [-0.39, 0.29) is 17.9 Å². The van der Waals surface area contributed by atoms with Gasteiger partial charge in [-0.25, -0.2) is 0 Å². The third kappa shape index (κ3) is 5.25. The normalized spacial score (nSPS) is 16.0. The maximum atomic E-state index is 12.6. The van der Waals surface area contributed by atoms with Crippen LogP contribution in [-0.4, -0.2) is 29.4 Å². The molecule has 0 saturated carbocycles. The molecule has 0 aliphatic carbocycles. The Morgan fingerprint density at radius 2 is 1.79 bits per heavy atom. The first kappa shape index (κ1) is 22.6. The summed E-state index contributed by atoms with van der Waals surface area (Å²) >= 11 is 0. The Morgan fingerprint density at radius 1 is 1.06 bits per heavy atom. The lowest BCUT2D eigenvalue weighted by Gasteiger charge is -2.37. The highest BCUT2D eigenvalue weighted by Gasteiger charge is 2.31. The molecule has 0 radical (unpaired) electrons. The molecule has 2 amide bonds. The summed E-state index contributed by atoms with van der Waals surface area (Å²) in [6, 6.07) is 23.9. The highest BCUT2D eigenvalue weighted by Crippen LogP contribution is 2.37. The Balaban J connectivity index is 1.54. The van der Waals surface area contributed by atoms with E-state index in [2.05, 4.69) is 42.6 Å². The first-order chi connectivity index (χ1) is 15.9. The van der Waals surface area contributed by atoms with Gasteiger partial charge >= 0.3 is 0 Å². The molecule has 0 bridgehead atoms. The maximum absolute atomic E-state index is 12.6. The van der Waals surface area contributed by atoms with Crippen molar-refractivity contribution in [2.45, 2.75) is 45.9 Å². The lowest BCUT2D eigenvalue weighted by Crippen LogP contribution is -2.39. The van der Waals surface area contributed by atoms with E-state index in [9.17, 15) is 9.59 Å². The van der Waals surface area contributed by atoms with Crippen molar-refractivity contribution in [2.75, 3.05) is 6.54 Å². The Morgan fingerprint density at radius 3 is 2.48 bits per heavy atom. The van der Waals surface area contributed by atoms with Crippen LogP contribution in [0.15, 0.2) is 72.8 Å². The average Bonchev–Trinajstić information content (AvgIpc) is 2.83. The largest absolute Gasteiger partial charge is 0.481 e. The SMILES string of the molecule is CC(=O)N1CCc2ccc(O[C@H](C)C(=O)NCc3ccccc3)cc2[C@H]1c1ccc(C)cc1. The number of carbonyl (C=O) groups excluding carboxylic acids is 2. The highest BCUT2D eigenvalue weighted by atomic mass is 16.5. The molecular weight excluding hydrogens is 412 g/mol. The predicted molar refractivity (Wildman–Crippen MR) is 129 cm³/mol. The zero-order valence-corrected chi connectivity index (χ0v) is 19.4. The molecule has 0 fully saturated rings. The molecule has 1 N–H and O–H groups in total. The van der Waals surface area contributed by atoms with Gasteiger partial charge in [0.2, 0.25) is 5.91 Å². The quantitative estimate of drug-likeness (QED) is 0.608. The van der Waals surface area contributed by atoms with Gasteiger partial charge in [0.05, 0.1) is 6.04 Å². The Bertz CT molecular complexity index is 1130. The molecule has 1 heterocycles. The summed E-state index contributed by atoms with van der Waals surface area (Å²) in [6.45, 7) is 6.56. The fraction of sp³-hybridized carbons (Fsp3) is 0.286. The Labute approximate surface area is 195 Å². The van der Waals surface area contributed by atoms with Crippen molar-refractivity contribution in [1.29, 1.82) is 0 Å². The van der Waals surface area contributed by atoms with Gasteiger partial charge in [0.25, 0.3) is 5.91 Å². The molecular formula is C28H30N2O3. The van der Waals surface area contributed by atoms with Crippen LogP contribution < -0.4 is 10.1 Å². The van der Waals surface area contributed by atoms with Crippen LogP contribution in [0.1, 0.15) is 47.7 Å². The van der Waals surface area contributed by atoms with E-state index in [0.29, 0.717) is 18.8 Å². The molecule has 4 rings (SSSR count). The molecule has 3 aromatic rings. The van der Waals surface area contributed by atoms with Crippen molar-refractivity contribution in [3.05, 3.63) is 101 Å². The topological polar surface area (TPSA) is 58.6 Å². The van der Waals surface area contributed by atoms with Gasteiger partial charge in [-0.2, -0.15) is 0 Å². The number of nitrogens with zero attached hydrogens (tertiary/aromatic N) is 1. The van der Waals surface area contributed by atoms with Crippen LogP contribution in [-0.2, 0) is 22.6 Å². The molecule has 5 nitrogen and oxygen atoms in total. The molecule has 0 aromatic heterocycles. The molecule has 3 aromatic carbocycles. The van der Waals surface area contributed by atoms with Gasteiger partial charge < -0.3 is 15.0 Å². The minimum atomic E-state index is -0.642. The summed E-state index contributed by atoms with van der Waals surface area (Å²) in [5, 5.41) is 2.93. The smallest absolute Gasteiger partial charge is 0.261 e. The average molecular weight is 443 g/mol. The van der Waals surface area contributed by atoms with Crippen molar-refractivity contribution in [3.63, 3.8) is 0 Å². The molecule has 1 aliphatic heterocycles. The minimum Gasteiger partial charge on any atom is -0.481 e. The van der Waals surface area contributed by atoms with Gasteiger partial charge in [0.15, 0.2) is 6.10 Å². The van der Waals surface area contributed by atoms with Crippen molar-refractivity contribution >= 4 is 11.8 Å². The van der Waals surface area contributed by atoms with E-state index in [1.54, 1.807) is 13.8 Å². The number of rotatable bonds is 6. The number of hydrogen-bond acceptors (Lipinski definition) is 3. The van der Waals surface area contributed by atoms with E-state index in [1.165, 1.54) is 11.1 Å². The maximum Gasteiger partial charge on any atom is 0.261 e. The Kier molecular flexibility index (Phi) is 6.78. The fourth-order valence-electron chi connectivity index (χ4n) is 4.30. The van der Waals surface area contributed by atoms with Gasteiger partial charge in [-0.15, -0.1) is 0 Å². The summed E-state index contributed by atoms with van der Waals surface area (Å²) in [6.07, 6.45) is 0.155. The number of carbonyl (C=O) groups is 2. The van der Waals surface area contributed by atoms with Crippen molar-refractivity contribution in [2.24, 2.45) is 0 Å². The van der Waals surface area contributed by atoms with Crippen LogP contribution >= 0.6 is 0 Å². The third-order valence-electron chi connectivity index (χ3n) is 6.13. The van der Waals surface area contributed by atoms with Crippen LogP contribution in [0.4, 0.5) is 0 Å². The molecule has 170 valence electrons. The van der Waals surface area contributed by atoms with E-state index >= 15 is 0 Å². The van der Waals surface area contributed by atoms with Crippen LogP contribution in [0.2, 0.25) is 0 Å². The number of fused-ring (bicyclic) bond motifs is 1. The summed E-state index contributed by atoms with van der Waals surface area (Å²) < 4.78 is 6.01. The number of ether oxygens (including phenoxy) is 1. The third-order valence-corrected chi connectivity index (χ3v) is 6.13. The van der Waals surface area contributed by atoms with Crippen LogP contribution in [0.3, 0.4) is 0 Å². The second-order valence-electron chi connectivity index (χ2n) is 8.60. The monoisotopic (exact) mass is 442 g/mol. The number of hydrogen-bond donors (Lipinski definition) is 1. The van der Waals surface area contributed by atoms with Gasteiger partial charge in [-0.3, -0.25) is 9.59 Å². The van der Waals surface area contributed by atoms with Crippen molar-refractivity contribution < 1.29 is 14.3 Å². The predicted octanol–water partition coefficient (Wildman–Crippen LogP) is 4.57. The highest BCUT2D eigenvalue weighted by molar-refractivity contribution is 5.80. The number of aryl methyl sites for hydroxylation is 1. The van der Waals surface area contributed by atoms with Gasteiger partial charge in [-0.05, 0) is 54.7 Å². The van der Waals surface area contributed by atoms with Gasteiger partial charge in [0, 0.05) is 20.0 Å². The summed E-state index contributed by atoms with van der Waals surface area (Å²) in [5.74, 6) is 0.502. The first-order valence-corrected chi connectivity index (χ1v) is 11.4. The lowest BCUT2D eigenvalue weighted by molar-refractivity contribution is -0.131. The number of nitrogens with one attached hydrogen (secondary N) is 1. The van der Waals surface area contributed by atoms with E-state index in [1.807, 2.05) is 47.4 Å². The molecule has 0 unspecified atom stereocenters. The van der Waals surface area contributed by atoms with Crippen LogP contribution in [0.5, 0.6) is 5.75 Å². The number of amides is 2. The van der Waals surface area contributed by atoms with Crippen LogP contribution in [0, 0.1) is 6.92 Å². The number of benzene rings is 3. The lowest BCUT2D eigenvalue weighted by atomic mass is 9.87. The first-order valence-electron chi connectivity index (χ1n) is 11.4. The van der Waals surface area contributed by atoms with Crippen molar-refractivity contribution in [1.82, 2.24) is 10.2 Å². The zero-order chi connectivity index (χ0) is 23.4.